The minimum Gasteiger partial charge on any atom is -0.330 e. The van der Waals surface area contributed by atoms with Crippen LogP contribution in [0.2, 0.25) is 0 Å². The molecule has 0 aromatic heterocycles. The lowest BCUT2D eigenvalue weighted by atomic mass is 9.83. The van der Waals surface area contributed by atoms with Gasteiger partial charge in [-0.15, -0.1) is 12.3 Å². The van der Waals surface area contributed by atoms with E-state index < -0.39 is 0 Å². The highest BCUT2D eigenvalue weighted by Crippen LogP contribution is 2.27. The lowest BCUT2D eigenvalue weighted by molar-refractivity contribution is 0.133. The highest BCUT2D eigenvalue weighted by Gasteiger charge is 2.26. The van der Waals surface area contributed by atoms with Crippen LogP contribution in [0.25, 0.3) is 0 Å². The zero-order chi connectivity index (χ0) is 11.1. The maximum absolute atomic E-state index is 5.83. The van der Waals surface area contributed by atoms with E-state index in [1.165, 1.54) is 25.7 Å². The molecule has 0 amide bonds. The molecule has 2 heteroatoms. The molecule has 2 unspecified atom stereocenters. The summed E-state index contributed by atoms with van der Waals surface area (Å²) in [5.74, 6) is 3.40. The molecule has 2 N–H and O–H groups in total. The zero-order valence-corrected chi connectivity index (χ0v) is 9.91. The molecule has 0 saturated heterocycles. The van der Waals surface area contributed by atoms with E-state index in [1.807, 2.05) is 0 Å². The van der Waals surface area contributed by atoms with Gasteiger partial charge in [0.25, 0.3) is 0 Å². The second-order valence-electron chi connectivity index (χ2n) is 4.64. The maximum atomic E-state index is 5.83. The third-order valence-electron chi connectivity index (χ3n) is 3.57. The van der Waals surface area contributed by atoms with Gasteiger partial charge in [0.15, 0.2) is 0 Å². The van der Waals surface area contributed by atoms with Gasteiger partial charge in [-0.25, -0.2) is 0 Å². The summed E-state index contributed by atoms with van der Waals surface area (Å²) in [6.45, 7) is 1.95. The lowest BCUT2D eigenvalue weighted by Crippen LogP contribution is -2.43. The third kappa shape index (κ3) is 3.85. The lowest BCUT2D eigenvalue weighted by Gasteiger charge is -2.37. The highest BCUT2D eigenvalue weighted by atomic mass is 15.1. The zero-order valence-electron chi connectivity index (χ0n) is 9.91. The molecular formula is C13H24N2. The van der Waals surface area contributed by atoms with Crippen molar-refractivity contribution in [3.05, 3.63) is 0 Å². The molecule has 1 rings (SSSR count). The molecule has 0 spiro atoms. The summed E-state index contributed by atoms with van der Waals surface area (Å²) in [4.78, 5) is 2.47. The van der Waals surface area contributed by atoms with E-state index in [1.54, 1.807) is 0 Å². The molecule has 0 aliphatic heterocycles. The van der Waals surface area contributed by atoms with Crippen LogP contribution >= 0.6 is 0 Å². The SMILES string of the molecule is C#CCCCN(C)C1CCCCC1CN. The number of hydrogen-bond donors (Lipinski definition) is 1. The number of unbranched alkanes of at least 4 members (excludes halogenated alkanes) is 1. The Morgan fingerprint density at radius 2 is 2.13 bits per heavy atom. The van der Waals surface area contributed by atoms with Gasteiger partial charge in [-0.05, 0) is 45.3 Å². The molecule has 0 aromatic rings. The minimum absolute atomic E-state index is 0.696. The van der Waals surface area contributed by atoms with Crippen LogP contribution in [-0.2, 0) is 0 Å². The predicted octanol–water partition coefficient (Wildman–Crippen LogP) is 1.85. The normalized spacial score (nSPS) is 26.5. The summed E-state index contributed by atoms with van der Waals surface area (Å²) in [5.41, 5.74) is 5.83. The summed E-state index contributed by atoms with van der Waals surface area (Å²) in [7, 11) is 2.22. The monoisotopic (exact) mass is 208 g/mol. The Kier molecular flexibility index (Phi) is 5.75. The smallest absolute Gasteiger partial charge is 0.0132 e. The Labute approximate surface area is 94.2 Å². The topological polar surface area (TPSA) is 29.3 Å². The van der Waals surface area contributed by atoms with Gasteiger partial charge in [-0.2, -0.15) is 0 Å². The van der Waals surface area contributed by atoms with Crippen molar-refractivity contribution in [1.82, 2.24) is 4.90 Å². The molecule has 0 bridgehead atoms. The third-order valence-corrected chi connectivity index (χ3v) is 3.57. The average Bonchev–Trinajstić information content (AvgIpc) is 2.29. The van der Waals surface area contributed by atoms with E-state index in [-0.39, 0.29) is 0 Å². The van der Waals surface area contributed by atoms with E-state index in [4.69, 9.17) is 12.2 Å². The Bertz CT molecular complexity index is 207. The van der Waals surface area contributed by atoms with Crippen LogP contribution < -0.4 is 5.73 Å². The Balaban J connectivity index is 2.34. The largest absolute Gasteiger partial charge is 0.330 e. The first-order valence-electron chi connectivity index (χ1n) is 6.13. The van der Waals surface area contributed by atoms with Crippen molar-refractivity contribution in [2.45, 2.75) is 44.6 Å². The van der Waals surface area contributed by atoms with Gasteiger partial charge in [0.05, 0.1) is 0 Å². The van der Waals surface area contributed by atoms with Gasteiger partial charge in [-0.3, -0.25) is 0 Å². The number of nitrogens with two attached hydrogens (primary N) is 1. The van der Waals surface area contributed by atoms with Crippen LogP contribution in [0, 0.1) is 18.3 Å². The summed E-state index contributed by atoms with van der Waals surface area (Å²) in [6.07, 6.45) is 12.6. The van der Waals surface area contributed by atoms with Crippen LogP contribution in [0.4, 0.5) is 0 Å². The van der Waals surface area contributed by atoms with Gasteiger partial charge < -0.3 is 10.6 Å². The average molecular weight is 208 g/mol. The van der Waals surface area contributed by atoms with Crippen molar-refractivity contribution in [3.8, 4) is 12.3 Å². The van der Waals surface area contributed by atoms with Crippen LogP contribution in [-0.4, -0.2) is 31.1 Å². The quantitative estimate of drug-likeness (QED) is 0.552. The van der Waals surface area contributed by atoms with Gasteiger partial charge in [0.1, 0.15) is 0 Å². The maximum Gasteiger partial charge on any atom is 0.0132 e. The molecule has 0 radical (unpaired) electrons. The van der Waals surface area contributed by atoms with Crippen LogP contribution in [0.5, 0.6) is 0 Å². The van der Waals surface area contributed by atoms with E-state index in [0.29, 0.717) is 12.0 Å². The molecule has 0 aromatic carbocycles. The fourth-order valence-electron chi connectivity index (χ4n) is 2.64. The second-order valence-corrected chi connectivity index (χ2v) is 4.64. The van der Waals surface area contributed by atoms with Gasteiger partial charge in [0.2, 0.25) is 0 Å². The Morgan fingerprint density at radius 3 is 2.80 bits per heavy atom. The minimum atomic E-state index is 0.696. The van der Waals surface area contributed by atoms with Crippen molar-refractivity contribution in [2.75, 3.05) is 20.1 Å². The molecule has 86 valence electrons. The van der Waals surface area contributed by atoms with Gasteiger partial charge in [0, 0.05) is 12.5 Å². The van der Waals surface area contributed by atoms with Gasteiger partial charge >= 0.3 is 0 Å². The Morgan fingerprint density at radius 1 is 1.40 bits per heavy atom. The fourth-order valence-corrected chi connectivity index (χ4v) is 2.64. The van der Waals surface area contributed by atoms with E-state index >= 15 is 0 Å². The van der Waals surface area contributed by atoms with Gasteiger partial charge in [-0.1, -0.05) is 12.8 Å². The fraction of sp³-hybridized carbons (Fsp3) is 0.846. The van der Waals surface area contributed by atoms with Crippen molar-refractivity contribution in [2.24, 2.45) is 11.7 Å². The molecule has 1 saturated carbocycles. The molecular weight excluding hydrogens is 184 g/mol. The van der Waals surface area contributed by atoms with E-state index in [0.717, 1.165) is 25.9 Å². The van der Waals surface area contributed by atoms with Crippen molar-refractivity contribution in [1.29, 1.82) is 0 Å². The van der Waals surface area contributed by atoms with Crippen molar-refractivity contribution < 1.29 is 0 Å². The van der Waals surface area contributed by atoms with E-state index in [2.05, 4.69) is 17.9 Å². The Hall–Kier alpha value is -0.520. The first-order valence-corrected chi connectivity index (χ1v) is 6.13. The van der Waals surface area contributed by atoms with Crippen molar-refractivity contribution in [3.63, 3.8) is 0 Å². The number of rotatable bonds is 5. The first kappa shape index (κ1) is 12.5. The second kappa shape index (κ2) is 6.87. The van der Waals surface area contributed by atoms with Crippen LogP contribution in [0.3, 0.4) is 0 Å². The molecule has 15 heavy (non-hydrogen) atoms. The molecule has 0 heterocycles. The van der Waals surface area contributed by atoms with E-state index in [9.17, 15) is 0 Å². The summed E-state index contributed by atoms with van der Waals surface area (Å²) < 4.78 is 0. The molecule has 1 fully saturated rings. The number of terminal acetylenes is 1. The standard InChI is InChI=1S/C13H24N2/c1-3-4-7-10-15(2)13-9-6-5-8-12(13)11-14/h1,12-13H,4-11,14H2,2H3. The molecule has 1 aliphatic rings. The number of hydrogen-bond acceptors (Lipinski definition) is 2. The first-order chi connectivity index (χ1) is 7.29. The number of nitrogens with zero attached hydrogens (tertiary/aromatic N) is 1. The van der Waals surface area contributed by atoms with Crippen molar-refractivity contribution >= 4 is 0 Å². The highest BCUT2D eigenvalue weighted by molar-refractivity contribution is 4.85. The summed E-state index contributed by atoms with van der Waals surface area (Å²) >= 11 is 0. The summed E-state index contributed by atoms with van der Waals surface area (Å²) in [5, 5.41) is 0. The molecule has 2 atom stereocenters. The molecule has 2 nitrogen and oxygen atoms in total. The molecule has 1 aliphatic carbocycles. The summed E-state index contributed by atoms with van der Waals surface area (Å²) in [6, 6.07) is 0.696. The van der Waals surface area contributed by atoms with Crippen LogP contribution in [0.1, 0.15) is 38.5 Å². The van der Waals surface area contributed by atoms with Crippen LogP contribution in [0.15, 0.2) is 0 Å². The predicted molar refractivity (Wildman–Crippen MR) is 65.5 cm³/mol.